The normalized spacial score (nSPS) is 10.4. The first kappa shape index (κ1) is 11.9. The molecule has 0 amide bonds. The quantitative estimate of drug-likeness (QED) is 0.782. The van der Waals surface area contributed by atoms with E-state index in [1.807, 2.05) is 0 Å². The number of nitrogens with one attached hydrogen (secondary N) is 1. The molecule has 82 valence electrons. The molecule has 0 atom stereocenters. The van der Waals surface area contributed by atoms with Crippen LogP contribution in [0.15, 0.2) is 6.07 Å². The average molecular weight is 232 g/mol. The summed E-state index contributed by atoms with van der Waals surface area (Å²) in [6.45, 7) is 1.58. The fourth-order valence-electron chi connectivity index (χ4n) is 1.29. The van der Waals surface area contributed by atoms with E-state index in [9.17, 15) is 14.3 Å². The highest BCUT2D eigenvalue weighted by atomic mass is 35.5. The zero-order chi connectivity index (χ0) is 11.6. The first-order valence-electron chi connectivity index (χ1n) is 4.34. The fraction of sp³-hybridized carbons (Fsp3) is 0.300. The molecule has 0 aliphatic rings. The van der Waals surface area contributed by atoms with Crippen molar-refractivity contribution in [2.75, 3.05) is 13.6 Å². The third kappa shape index (κ3) is 2.27. The fourth-order valence-corrected chi connectivity index (χ4v) is 1.48. The molecule has 0 heterocycles. The van der Waals surface area contributed by atoms with Crippen LogP contribution in [0.3, 0.4) is 0 Å². The number of halogens is 2. The Bertz CT molecular complexity index is 381. The number of hydrogen-bond acceptors (Lipinski definition) is 3. The van der Waals surface area contributed by atoms with Gasteiger partial charge in [-0.3, -0.25) is 4.79 Å². The number of Topliss-reactive ketones (excluding diaryl/α,β-unsaturated/α-hetero) is 1. The Morgan fingerprint density at radius 1 is 1.67 bits per heavy atom. The summed E-state index contributed by atoms with van der Waals surface area (Å²) in [5.41, 5.74) is 0.324. The predicted molar refractivity (Wildman–Crippen MR) is 56.1 cm³/mol. The zero-order valence-corrected chi connectivity index (χ0v) is 9.15. The summed E-state index contributed by atoms with van der Waals surface area (Å²) in [5.74, 6) is -1.92. The van der Waals surface area contributed by atoms with Crippen molar-refractivity contribution >= 4 is 17.4 Å². The first-order chi connectivity index (χ1) is 6.99. The smallest absolute Gasteiger partial charge is 0.180 e. The maximum Gasteiger partial charge on any atom is 0.180 e. The Labute approximate surface area is 91.9 Å². The molecule has 1 rings (SSSR count). The Balaban J connectivity index is 3.32. The van der Waals surface area contributed by atoms with Crippen LogP contribution in [0.25, 0.3) is 0 Å². The van der Waals surface area contributed by atoms with Crippen molar-refractivity contribution in [2.45, 2.75) is 6.92 Å². The molecule has 0 bridgehead atoms. The molecule has 0 aliphatic carbocycles. The Morgan fingerprint density at radius 3 is 2.80 bits per heavy atom. The number of phenols is 1. The summed E-state index contributed by atoms with van der Waals surface area (Å²) in [6, 6.07) is 0.988. The van der Waals surface area contributed by atoms with Gasteiger partial charge in [-0.25, -0.2) is 4.39 Å². The maximum atomic E-state index is 13.1. The van der Waals surface area contributed by atoms with Crippen LogP contribution in [-0.2, 0) is 0 Å². The van der Waals surface area contributed by atoms with Crippen LogP contribution >= 0.6 is 11.6 Å². The van der Waals surface area contributed by atoms with Gasteiger partial charge in [-0.05, 0) is 25.6 Å². The molecule has 0 spiro atoms. The van der Waals surface area contributed by atoms with E-state index in [1.165, 1.54) is 0 Å². The van der Waals surface area contributed by atoms with Gasteiger partial charge in [0.15, 0.2) is 17.3 Å². The van der Waals surface area contributed by atoms with E-state index in [-0.39, 0.29) is 17.1 Å². The molecule has 2 N–H and O–H groups in total. The molecule has 0 aliphatic heterocycles. The first-order valence-corrected chi connectivity index (χ1v) is 4.72. The van der Waals surface area contributed by atoms with Gasteiger partial charge in [-0.1, -0.05) is 11.6 Å². The van der Waals surface area contributed by atoms with E-state index >= 15 is 0 Å². The van der Waals surface area contributed by atoms with Crippen LogP contribution in [0, 0.1) is 12.7 Å². The van der Waals surface area contributed by atoms with Crippen LogP contribution in [0.4, 0.5) is 4.39 Å². The molecule has 0 fully saturated rings. The van der Waals surface area contributed by atoms with Gasteiger partial charge < -0.3 is 10.4 Å². The molecule has 0 saturated heterocycles. The van der Waals surface area contributed by atoms with Crippen molar-refractivity contribution in [3.63, 3.8) is 0 Å². The molecule has 5 heteroatoms. The largest absolute Gasteiger partial charge is 0.504 e. The van der Waals surface area contributed by atoms with Crippen LogP contribution in [0.2, 0.25) is 5.02 Å². The highest BCUT2D eigenvalue weighted by Gasteiger charge is 2.19. The van der Waals surface area contributed by atoms with E-state index in [0.717, 1.165) is 6.07 Å². The van der Waals surface area contributed by atoms with E-state index in [2.05, 4.69) is 5.32 Å². The second-order valence-corrected chi connectivity index (χ2v) is 3.55. The van der Waals surface area contributed by atoms with Crippen molar-refractivity contribution in [2.24, 2.45) is 0 Å². The summed E-state index contributed by atoms with van der Waals surface area (Å²) in [5, 5.41) is 12.2. The van der Waals surface area contributed by atoms with E-state index in [4.69, 9.17) is 11.6 Å². The lowest BCUT2D eigenvalue weighted by Gasteiger charge is -2.09. The number of phenolic OH excluding ortho intramolecular Hbond substituents is 1. The SMILES string of the molecule is CNCC(=O)c1c(C)c(Cl)cc(F)c1O. The number of aromatic hydroxyl groups is 1. The minimum absolute atomic E-state index is 0.0220. The Kier molecular flexibility index (Phi) is 3.66. The van der Waals surface area contributed by atoms with Crippen molar-refractivity contribution in [3.8, 4) is 5.75 Å². The number of hydrogen-bond donors (Lipinski definition) is 2. The number of carbonyl (C=O) groups excluding carboxylic acids is 1. The van der Waals surface area contributed by atoms with Crippen LogP contribution < -0.4 is 5.32 Å². The van der Waals surface area contributed by atoms with Gasteiger partial charge in [0.1, 0.15) is 0 Å². The van der Waals surface area contributed by atoms with Gasteiger partial charge in [0.25, 0.3) is 0 Å². The topological polar surface area (TPSA) is 49.3 Å². The lowest BCUT2D eigenvalue weighted by atomic mass is 10.0. The predicted octanol–water partition coefficient (Wildman–Crippen LogP) is 1.90. The van der Waals surface area contributed by atoms with Gasteiger partial charge in [0.05, 0.1) is 12.1 Å². The van der Waals surface area contributed by atoms with E-state index in [1.54, 1.807) is 14.0 Å². The second-order valence-electron chi connectivity index (χ2n) is 3.14. The van der Waals surface area contributed by atoms with Gasteiger partial charge in [-0.15, -0.1) is 0 Å². The molecule has 3 nitrogen and oxygen atoms in total. The van der Waals surface area contributed by atoms with E-state index in [0.29, 0.717) is 5.56 Å². The molecule has 1 aromatic carbocycles. The standard InChI is InChI=1S/C10H11ClFNO2/c1-5-6(11)3-7(12)10(15)9(5)8(14)4-13-2/h3,13,15H,4H2,1-2H3. The number of rotatable bonds is 3. The lowest BCUT2D eigenvalue weighted by molar-refractivity contribution is 0.0989. The van der Waals surface area contributed by atoms with Crippen LogP contribution in [0.1, 0.15) is 15.9 Å². The lowest BCUT2D eigenvalue weighted by Crippen LogP contribution is -2.19. The molecule has 0 aromatic heterocycles. The van der Waals surface area contributed by atoms with Crippen LogP contribution in [0.5, 0.6) is 5.75 Å². The zero-order valence-electron chi connectivity index (χ0n) is 8.40. The van der Waals surface area contributed by atoms with Crippen molar-refractivity contribution in [1.82, 2.24) is 5.32 Å². The molecule has 1 aromatic rings. The second kappa shape index (κ2) is 4.59. The number of ketones is 1. The van der Waals surface area contributed by atoms with Crippen molar-refractivity contribution in [3.05, 3.63) is 28.0 Å². The van der Waals surface area contributed by atoms with Crippen molar-refractivity contribution < 1.29 is 14.3 Å². The Morgan fingerprint density at radius 2 is 2.27 bits per heavy atom. The third-order valence-corrected chi connectivity index (χ3v) is 2.46. The number of benzene rings is 1. The van der Waals surface area contributed by atoms with Gasteiger partial charge in [-0.2, -0.15) is 0 Å². The molecule has 0 saturated carbocycles. The summed E-state index contributed by atoms with van der Waals surface area (Å²) in [6.07, 6.45) is 0. The molecular formula is C10H11ClFNO2. The summed E-state index contributed by atoms with van der Waals surface area (Å²) >= 11 is 5.71. The minimum atomic E-state index is -0.884. The summed E-state index contributed by atoms with van der Waals surface area (Å²) < 4.78 is 13.1. The molecule has 0 unspecified atom stereocenters. The average Bonchev–Trinajstić information content (AvgIpc) is 2.16. The highest BCUT2D eigenvalue weighted by molar-refractivity contribution is 6.32. The highest BCUT2D eigenvalue weighted by Crippen LogP contribution is 2.30. The molecule has 15 heavy (non-hydrogen) atoms. The third-order valence-electron chi connectivity index (χ3n) is 2.07. The Hall–Kier alpha value is -1.13. The van der Waals surface area contributed by atoms with Gasteiger partial charge in [0, 0.05) is 5.02 Å². The maximum absolute atomic E-state index is 13.1. The van der Waals surface area contributed by atoms with Gasteiger partial charge in [0.2, 0.25) is 0 Å². The molecular weight excluding hydrogens is 221 g/mol. The van der Waals surface area contributed by atoms with Gasteiger partial charge >= 0.3 is 0 Å². The summed E-state index contributed by atoms with van der Waals surface area (Å²) in [7, 11) is 1.59. The molecule has 0 radical (unpaired) electrons. The number of carbonyl (C=O) groups is 1. The van der Waals surface area contributed by atoms with E-state index < -0.39 is 17.3 Å². The van der Waals surface area contributed by atoms with Crippen molar-refractivity contribution in [1.29, 1.82) is 0 Å². The number of likely N-dealkylation sites (N-methyl/N-ethyl adjacent to an activating group) is 1. The summed E-state index contributed by atoms with van der Waals surface area (Å²) in [4.78, 5) is 11.5. The monoisotopic (exact) mass is 231 g/mol. The minimum Gasteiger partial charge on any atom is -0.504 e. The van der Waals surface area contributed by atoms with Crippen LogP contribution in [-0.4, -0.2) is 24.5 Å².